The molecule has 0 unspecified atom stereocenters. The number of rotatable bonds is 5. The highest BCUT2D eigenvalue weighted by Crippen LogP contribution is 2.44. The number of hydrogen-bond donors (Lipinski definition) is 3. The molecule has 1 aliphatic rings. The molecule has 0 radical (unpaired) electrons. The van der Waals surface area contributed by atoms with E-state index in [9.17, 15) is 24.0 Å². The minimum Gasteiger partial charge on any atom is -0.478 e. The summed E-state index contributed by atoms with van der Waals surface area (Å²) in [6, 6.07) is 2.94. The monoisotopic (exact) mass is 504 g/mol. The number of anilines is 1. The summed E-state index contributed by atoms with van der Waals surface area (Å²) in [6.07, 6.45) is 0. The predicted octanol–water partition coefficient (Wildman–Crippen LogP) is 3.93. The average Bonchev–Trinajstić information content (AvgIpc) is 2.95. The molecule has 0 spiro atoms. The Hall–Kier alpha value is -2.85. The van der Waals surface area contributed by atoms with E-state index in [2.05, 4.69) is 5.32 Å². The van der Waals surface area contributed by atoms with E-state index in [0.29, 0.717) is 4.90 Å². The lowest BCUT2D eigenvalue weighted by Gasteiger charge is -2.14. The molecule has 13 heteroatoms. The average molecular weight is 506 g/mol. The highest BCUT2D eigenvalue weighted by molar-refractivity contribution is 6.55. The van der Waals surface area contributed by atoms with Crippen LogP contribution >= 0.6 is 46.4 Å². The van der Waals surface area contributed by atoms with Gasteiger partial charge in [-0.1, -0.05) is 46.4 Å². The number of halogens is 4. The summed E-state index contributed by atoms with van der Waals surface area (Å²) in [5.41, 5.74) is -1.56. The first-order chi connectivity index (χ1) is 14.4. The van der Waals surface area contributed by atoms with Crippen molar-refractivity contribution in [3.63, 3.8) is 0 Å². The quantitative estimate of drug-likeness (QED) is 0.317. The zero-order valence-corrected chi connectivity index (χ0v) is 17.9. The van der Waals surface area contributed by atoms with E-state index in [-0.39, 0.29) is 36.9 Å². The van der Waals surface area contributed by atoms with E-state index in [4.69, 9.17) is 56.6 Å². The van der Waals surface area contributed by atoms with Crippen molar-refractivity contribution >= 4 is 81.8 Å². The number of carbonyl (C=O) groups is 5. The topological polar surface area (TPSA) is 141 Å². The Labute approximate surface area is 193 Å². The van der Waals surface area contributed by atoms with Crippen LogP contribution in [0, 0.1) is 0 Å². The molecule has 31 heavy (non-hydrogen) atoms. The first kappa shape index (κ1) is 22.8. The van der Waals surface area contributed by atoms with Crippen molar-refractivity contribution in [3.8, 4) is 0 Å². The molecule has 0 aromatic heterocycles. The van der Waals surface area contributed by atoms with Gasteiger partial charge in [-0.3, -0.25) is 19.3 Å². The van der Waals surface area contributed by atoms with Crippen LogP contribution in [0.4, 0.5) is 5.69 Å². The molecule has 0 fully saturated rings. The fourth-order valence-corrected chi connectivity index (χ4v) is 3.84. The molecule has 0 aliphatic carbocycles. The van der Waals surface area contributed by atoms with E-state index >= 15 is 0 Å². The zero-order chi connectivity index (χ0) is 23.2. The first-order valence-corrected chi connectivity index (χ1v) is 9.58. The summed E-state index contributed by atoms with van der Waals surface area (Å²) in [6.45, 7) is -0.798. The number of nitrogens with zero attached hydrogens (tertiary/aromatic N) is 1. The van der Waals surface area contributed by atoms with E-state index in [1.807, 2.05) is 0 Å². The molecular weight excluding hydrogens is 498 g/mol. The van der Waals surface area contributed by atoms with Crippen molar-refractivity contribution in [1.82, 2.24) is 4.90 Å². The molecule has 2 aromatic carbocycles. The number of hydrogen-bond acceptors (Lipinski definition) is 5. The number of carboxylic acid groups (broad SMARTS) is 2. The highest BCUT2D eigenvalue weighted by atomic mass is 35.5. The van der Waals surface area contributed by atoms with Gasteiger partial charge in [-0.15, -0.1) is 0 Å². The fraction of sp³-hybridized carbons (Fsp3) is 0.0556. The first-order valence-electron chi connectivity index (χ1n) is 8.07. The van der Waals surface area contributed by atoms with Gasteiger partial charge in [0.05, 0.1) is 42.3 Å². The Morgan fingerprint density at radius 3 is 1.58 bits per heavy atom. The molecule has 0 saturated carbocycles. The normalized spacial score (nSPS) is 12.7. The summed E-state index contributed by atoms with van der Waals surface area (Å²) in [7, 11) is 0. The largest absolute Gasteiger partial charge is 0.478 e. The Bertz CT molecular complexity index is 1130. The minimum atomic E-state index is -1.42. The molecule has 2 aromatic rings. The second-order valence-corrected chi connectivity index (χ2v) is 7.67. The summed E-state index contributed by atoms with van der Waals surface area (Å²) >= 11 is 23.9. The van der Waals surface area contributed by atoms with E-state index in [1.54, 1.807) is 0 Å². The third kappa shape index (κ3) is 4.05. The lowest BCUT2D eigenvalue weighted by molar-refractivity contribution is -0.116. The SMILES string of the molecule is O=C(CN1C(=O)c2c(Cl)c(Cl)c(Cl)c(Cl)c2C1=O)Nc1cc(C(=O)O)cc(C(=O)O)c1. The number of carboxylic acids is 2. The maximum absolute atomic E-state index is 12.6. The number of nitrogens with one attached hydrogen (secondary N) is 1. The van der Waals surface area contributed by atoms with Gasteiger partial charge in [-0.25, -0.2) is 9.59 Å². The molecule has 1 aliphatic heterocycles. The number of amides is 3. The predicted molar refractivity (Wildman–Crippen MR) is 111 cm³/mol. The maximum atomic E-state index is 12.6. The number of fused-ring (bicyclic) bond motifs is 1. The Morgan fingerprint density at radius 1 is 0.774 bits per heavy atom. The van der Waals surface area contributed by atoms with Gasteiger partial charge in [0.2, 0.25) is 5.91 Å². The van der Waals surface area contributed by atoms with Crippen molar-refractivity contribution in [1.29, 1.82) is 0 Å². The second kappa shape index (κ2) is 8.35. The Kier molecular flexibility index (Phi) is 6.15. The maximum Gasteiger partial charge on any atom is 0.335 e. The molecule has 0 atom stereocenters. The summed E-state index contributed by atoms with van der Waals surface area (Å²) < 4.78 is 0. The summed E-state index contributed by atoms with van der Waals surface area (Å²) in [5.74, 6) is -5.64. The summed E-state index contributed by atoms with van der Waals surface area (Å²) in [5, 5.41) is 19.4. The fourth-order valence-electron chi connectivity index (χ4n) is 2.83. The standard InChI is InChI=1S/C18H8Cl4N2O7/c19-11-9-10(12(20)14(22)13(11)21)16(27)24(15(9)26)4-8(25)23-7-2-5(17(28)29)1-6(3-7)18(30)31/h1-3H,4H2,(H,23,25)(H,28,29)(H,30,31). The van der Waals surface area contributed by atoms with Gasteiger partial charge >= 0.3 is 11.9 Å². The summed E-state index contributed by atoms with van der Waals surface area (Å²) in [4.78, 5) is 60.6. The molecule has 9 nitrogen and oxygen atoms in total. The van der Waals surface area contributed by atoms with Crippen LogP contribution in [0.25, 0.3) is 0 Å². The van der Waals surface area contributed by atoms with Crippen molar-refractivity contribution in [2.75, 3.05) is 11.9 Å². The lowest BCUT2D eigenvalue weighted by Crippen LogP contribution is -2.37. The van der Waals surface area contributed by atoms with Gasteiger partial charge in [0.25, 0.3) is 11.8 Å². The van der Waals surface area contributed by atoms with Crippen LogP contribution in [-0.4, -0.2) is 51.3 Å². The molecule has 1 heterocycles. The van der Waals surface area contributed by atoms with Crippen LogP contribution in [0.2, 0.25) is 20.1 Å². The number of aromatic carboxylic acids is 2. The molecular formula is C18H8Cl4N2O7. The van der Waals surface area contributed by atoms with Crippen LogP contribution in [0.15, 0.2) is 18.2 Å². The van der Waals surface area contributed by atoms with Crippen molar-refractivity contribution < 1.29 is 34.2 Å². The van der Waals surface area contributed by atoms with Crippen molar-refractivity contribution in [2.24, 2.45) is 0 Å². The third-order valence-corrected chi connectivity index (χ3v) is 6.00. The Morgan fingerprint density at radius 2 is 1.19 bits per heavy atom. The minimum absolute atomic E-state index is 0.166. The van der Waals surface area contributed by atoms with Gasteiger partial charge in [0.1, 0.15) is 6.54 Å². The lowest BCUT2D eigenvalue weighted by atomic mass is 10.1. The van der Waals surface area contributed by atoms with Crippen LogP contribution < -0.4 is 5.32 Å². The molecule has 3 rings (SSSR count). The molecule has 3 N–H and O–H groups in total. The van der Waals surface area contributed by atoms with Gasteiger partial charge in [0, 0.05) is 5.69 Å². The van der Waals surface area contributed by atoms with Gasteiger partial charge in [-0.05, 0) is 18.2 Å². The van der Waals surface area contributed by atoms with Gasteiger partial charge in [0.15, 0.2) is 0 Å². The number of carbonyl (C=O) groups excluding carboxylic acids is 3. The van der Waals surface area contributed by atoms with E-state index in [1.165, 1.54) is 0 Å². The van der Waals surface area contributed by atoms with Gasteiger partial charge in [-0.2, -0.15) is 0 Å². The van der Waals surface area contributed by atoms with E-state index < -0.39 is 47.3 Å². The molecule has 0 bridgehead atoms. The van der Waals surface area contributed by atoms with Crippen LogP contribution in [0.5, 0.6) is 0 Å². The molecule has 3 amide bonds. The van der Waals surface area contributed by atoms with Crippen LogP contribution in [0.3, 0.4) is 0 Å². The van der Waals surface area contributed by atoms with Gasteiger partial charge < -0.3 is 15.5 Å². The van der Waals surface area contributed by atoms with E-state index in [0.717, 1.165) is 18.2 Å². The third-order valence-electron chi connectivity index (χ3n) is 4.20. The highest BCUT2D eigenvalue weighted by Gasteiger charge is 2.42. The Balaban J connectivity index is 1.88. The molecule has 160 valence electrons. The second-order valence-electron chi connectivity index (χ2n) is 6.16. The number of benzene rings is 2. The van der Waals surface area contributed by atoms with Crippen LogP contribution in [0.1, 0.15) is 41.4 Å². The van der Waals surface area contributed by atoms with Crippen molar-refractivity contribution in [2.45, 2.75) is 0 Å². The molecule has 0 saturated heterocycles. The number of imide groups is 1. The van der Waals surface area contributed by atoms with Crippen molar-refractivity contribution in [3.05, 3.63) is 60.5 Å². The van der Waals surface area contributed by atoms with Crippen LogP contribution in [-0.2, 0) is 4.79 Å². The zero-order valence-electron chi connectivity index (χ0n) is 14.8. The smallest absolute Gasteiger partial charge is 0.335 e.